The molecule has 0 saturated carbocycles. The van der Waals surface area contributed by atoms with E-state index in [-0.39, 0.29) is 31.4 Å². The van der Waals surface area contributed by atoms with E-state index in [0.717, 1.165) is 16.9 Å². The van der Waals surface area contributed by atoms with Crippen LogP contribution in [-0.2, 0) is 34.8 Å². The molecule has 0 aliphatic carbocycles. The molecule has 0 radical (unpaired) electrons. The zero-order chi connectivity index (χ0) is 25.9. The highest BCUT2D eigenvalue weighted by atomic mass is 32.2. The Bertz CT molecular complexity index is 1520. The summed E-state index contributed by atoms with van der Waals surface area (Å²) < 4.78 is 32.1. The molecule has 3 heterocycles. The number of thiophene rings is 1. The number of ether oxygens (including phenoxy) is 3. The molecule has 4 aromatic rings. The zero-order valence-electron chi connectivity index (χ0n) is 20.4. The number of hydrogen-bond acceptors (Lipinski definition) is 8. The van der Waals surface area contributed by atoms with Crippen LogP contribution < -0.4 is 10.3 Å². The Morgan fingerprint density at radius 2 is 2.08 bits per heavy atom. The molecule has 0 N–H and O–H groups in total. The third kappa shape index (κ3) is 5.27. The summed E-state index contributed by atoms with van der Waals surface area (Å²) >= 11 is 2.49. The first-order valence-electron chi connectivity index (χ1n) is 11.9. The van der Waals surface area contributed by atoms with Gasteiger partial charge in [-0.05, 0) is 43.5 Å². The lowest BCUT2D eigenvalue weighted by atomic mass is 10.1. The van der Waals surface area contributed by atoms with Gasteiger partial charge in [0.2, 0.25) is 0 Å². The van der Waals surface area contributed by atoms with Crippen molar-refractivity contribution in [1.29, 1.82) is 0 Å². The third-order valence-corrected chi connectivity index (χ3v) is 8.24. The fraction of sp³-hybridized carbons (Fsp3) is 0.296. The predicted molar refractivity (Wildman–Crippen MR) is 141 cm³/mol. The Morgan fingerprint density at radius 1 is 1.27 bits per heavy atom. The van der Waals surface area contributed by atoms with E-state index in [1.54, 1.807) is 18.4 Å². The zero-order valence-corrected chi connectivity index (χ0v) is 22.0. The van der Waals surface area contributed by atoms with Gasteiger partial charge >= 0.3 is 5.97 Å². The van der Waals surface area contributed by atoms with E-state index in [4.69, 9.17) is 19.2 Å². The molecule has 0 atom stereocenters. The molecule has 2 aromatic heterocycles. The molecule has 1 aliphatic rings. The highest BCUT2D eigenvalue weighted by Crippen LogP contribution is 2.35. The van der Waals surface area contributed by atoms with Crippen molar-refractivity contribution >= 4 is 39.3 Å². The lowest BCUT2D eigenvalue weighted by Crippen LogP contribution is -2.24. The minimum atomic E-state index is -0.460. The maximum absolute atomic E-state index is 14.3. The van der Waals surface area contributed by atoms with Crippen molar-refractivity contribution in [2.24, 2.45) is 0 Å². The average Bonchev–Trinajstić information content (AvgIpc) is 3.23. The number of halogens is 1. The lowest BCUT2D eigenvalue weighted by Gasteiger charge is -2.21. The minimum Gasteiger partial charge on any atom is -0.467 e. The molecule has 1 aliphatic heterocycles. The lowest BCUT2D eigenvalue weighted by molar-refractivity contribution is -0.0171. The van der Waals surface area contributed by atoms with E-state index < -0.39 is 5.97 Å². The Balaban J connectivity index is 1.54. The van der Waals surface area contributed by atoms with Crippen molar-refractivity contribution < 1.29 is 23.4 Å². The van der Waals surface area contributed by atoms with Crippen molar-refractivity contribution in [3.8, 4) is 5.75 Å². The van der Waals surface area contributed by atoms with Crippen LogP contribution in [0.25, 0.3) is 10.2 Å². The van der Waals surface area contributed by atoms with Crippen molar-refractivity contribution in [2.75, 3.05) is 13.4 Å². The van der Waals surface area contributed by atoms with Crippen molar-refractivity contribution in [1.82, 2.24) is 9.55 Å². The third-order valence-electron chi connectivity index (χ3n) is 6.05. The van der Waals surface area contributed by atoms with Crippen LogP contribution in [0.5, 0.6) is 5.75 Å². The molecule has 2 aromatic carbocycles. The fourth-order valence-corrected chi connectivity index (χ4v) is 6.40. The number of aromatic nitrogens is 2. The molecule has 0 fully saturated rings. The summed E-state index contributed by atoms with van der Waals surface area (Å²) in [6, 6.07) is 12.7. The van der Waals surface area contributed by atoms with E-state index in [1.165, 1.54) is 23.9 Å². The van der Waals surface area contributed by atoms with Crippen molar-refractivity contribution in [3.63, 3.8) is 0 Å². The first-order valence-corrected chi connectivity index (χ1v) is 13.7. The number of thioether (sulfide) groups is 1. The molecule has 5 rings (SSSR count). The van der Waals surface area contributed by atoms with Crippen molar-refractivity contribution in [2.45, 2.75) is 44.3 Å². The number of hydrogen-bond donors (Lipinski definition) is 0. The summed E-state index contributed by atoms with van der Waals surface area (Å²) in [5.74, 6) is 0.119. The van der Waals surface area contributed by atoms with Gasteiger partial charge in [0.15, 0.2) is 11.9 Å². The summed E-state index contributed by atoms with van der Waals surface area (Å²) in [6.07, 6.45) is 0.630. The van der Waals surface area contributed by atoms with Gasteiger partial charge in [0.05, 0.1) is 18.6 Å². The monoisotopic (exact) mass is 540 g/mol. The second-order valence-corrected chi connectivity index (χ2v) is 10.4. The van der Waals surface area contributed by atoms with Gasteiger partial charge in [-0.25, -0.2) is 14.2 Å². The molecule has 37 heavy (non-hydrogen) atoms. The number of esters is 1. The summed E-state index contributed by atoms with van der Waals surface area (Å²) in [5, 5.41) is 0.921. The van der Waals surface area contributed by atoms with Crippen LogP contribution in [0, 0.1) is 12.7 Å². The predicted octanol–water partition coefficient (Wildman–Crippen LogP) is 5.48. The van der Waals surface area contributed by atoms with Crippen LogP contribution in [0.1, 0.15) is 38.8 Å². The Labute approximate surface area is 221 Å². The largest absolute Gasteiger partial charge is 0.467 e. The number of carbonyl (C=O) groups excluding carboxylic acids is 1. The van der Waals surface area contributed by atoms with Gasteiger partial charge in [-0.3, -0.25) is 9.36 Å². The standard InChI is InChI=1S/C27H25FN2O5S2/c1-3-34-26(32)23-16(2)21-24(37-23)29-27(30(25(21)31)10-9-17-7-5-4-6-8-17)36-14-19-12-20(28)11-18-13-33-15-35-22(18)19/h4-8,11-12H,3,9-10,13-15H2,1-2H3. The van der Waals surface area contributed by atoms with Gasteiger partial charge in [0.25, 0.3) is 5.56 Å². The summed E-state index contributed by atoms with van der Waals surface area (Å²) in [4.78, 5) is 31.9. The highest BCUT2D eigenvalue weighted by Gasteiger charge is 2.23. The van der Waals surface area contributed by atoms with E-state index >= 15 is 0 Å². The second kappa shape index (κ2) is 11.0. The maximum atomic E-state index is 14.3. The van der Waals surface area contributed by atoms with E-state index in [2.05, 4.69) is 0 Å². The molecule has 0 saturated heterocycles. The number of nitrogens with zero attached hydrogens (tertiary/aromatic N) is 2. The topological polar surface area (TPSA) is 79.7 Å². The van der Waals surface area contributed by atoms with Gasteiger partial charge in [0.1, 0.15) is 21.3 Å². The Kier molecular flexibility index (Phi) is 7.59. The molecule has 192 valence electrons. The van der Waals surface area contributed by atoms with Crippen molar-refractivity contribution in [3.05, 3.63) is 85.8 Å². The summed E-state index contributed by atoms with van der Waals surface area (Å²) in [7, 11) is 0. The average molecular weight is 541 g/mol. The van der Waals surface area contributed by atoms with Crippen LogP contribution in [0.2, 0.25) is 0 Å². The van der Waals surface area contributed by atoms with Crippen LogP contribution in [0.3, 0.4) is 0 Å². The summed E-state index contributed by atoms with van der Waals surface area (Å²) in [6.45, 7) is 4.53. The first kappa shape index (κ1) is 25.4. The highest BCUT2D eigenvalue weighted by molar-refractivity contribution is 7.98. The molecule has 0 unspecified atom stereocenters. The smallest absolute Gasteiger partial charge is 0.348 e. The first-order chi connectivity index (χ1) is 18.0. The number of rotatable bonds is 8. The van der Waals surface area contributed by atoms with Gasteiger partial charge < -0.3 is 14.2 Å². The Morgan fingerprint density at radius 3 is 2.86 bits per heavy atom. The normalized spacial score (nSPS) is 12.8. The quantitative estimate of drug-likeness (QED) is 0.166. The number of benzene rings is 2. The maximum Gasteiger partial charge on any atom is 0.348 e. The van der Waals surface area contributed by atoms with Crippen LogP contribution in [0.15, 0.2) is 52.4 Å². The van der Waals surface area contributed by atoms with Crippen LogP contribution >= 0.6 is 23.1 Å². The SMILES string of the molecule is CCOC(=O)c1sc2nc(SCc3cc(F)cc4c3OCOC4)n(CCc3ccccc3)c(=O)c2c1C. The van der Waals surface area contributed by atoms with Crippen LogP contribution in [-0.4, -0.2) is 28.9 Å². The number of carbonyl (C=O) groups is 1. The van der Waals surface area contributed by atoms with Gasteiger partial charge in [0, 0.05) is 23.4 Å². The fourth-order valence-electron chi connectivity index (χ4n) is 4.29. The molecular formula is C27H25FN2O5S2. The molecule has 0 spiro atoms. The van der Waals surface area contributed by atoms with Gasteiger partial charge in [-0.1, -0.05) is 42.1 Å². The Hall–Kier alpha value is -3.21. The molecular weight excluding hydrogens is 515 g/mol. The molecule has 0 amide bonds. The minimum absolute atomic E-state index is 0.105. The second-order valence-electron chi connectivity index (χ2n) is 8.50. The van der Waals surface area contributed by atoms with E-state index in [1.807, 2.05) is 30.3 Å². The molecule has 7 nitrogen and oxygen atoms in total. The van der Waals surface area contributed by atoms with Gasteiger partial charge in [-0.15, -0.1) is 11.3 Å². The van der Waals surface area contributed by atoms with E-state index in [9.17, 15) is 14.0 Å². The van der Waals surface area contributed by atoms with Gasteiger partial charge in [-0.2, -0.15) is 0 Å². The molecule has 0 bridgehead atoms. The number of aryl methyl sites for hydroxylation is 2. The van der Waals surface area contributed by atoms with E-state index in [0.29, 0.717) is 61.4 Å². The van der Waals surface area contributed by atoms with Crippen LogP contribution in [0.4, 0.5) is 4.39 Å². The number of fused-ring (bicyclic) bond motifs is 2. The summed E-state index contributed by atoms with van der Waals surface area (Å²) in [5.41, 5.74) is 2.78. The molecule has 10 heteroatoms.